The molecule has 1 N–H and O–H groups in total. The molecule has 0 radical (unpaired) electrons. The fourth-order valence-corrected chi connectivity index (χ4v) is 4.57. The maximum absolute atomic E-state index is 13.3. The van der Waals surface area contributed by atoms with Gasteiger partial charge in [0.2, 0.25) is 0 Å². The normalized spacial score (nSPS) is 17.1. The van der Waals surface area contributed by atoms with Crippen LogP contribution in [0.5, 0.6) is 11.5 Å². The van der Waals surface area contributed by atoms with Crippen LogP contribution in [0.1, 0.15) is 49.4 Å². The van der Waals surface area contributed by atoms with Crippen LogP contribution in [-0.2, 0) is 9.59 Å². The minimum atomic E-state index is -0.829. The molecule has 0 bridgehead atoms. The second-order valence-electron chi connectivity index (χ2n) is 8.77. The lowest BCUT2D eigenvalue weighted by molar-refractivity contribution is -0.132. The molecule has 0 saturated carbocycles. The number of rotatable bonds is 7. The zero-order valence-corrected chi connectivity index (χ0v) is 21.4. The van der Waals surface area contributed by atoms with E-state index in [1.807, 2.05) is 31.2 Å². The molecule has 3 aromatic rings. The molecule has 36 heavy (non-hydrogen) atoms. The summed E-state index contributed by atoms with van der Waals surface area (Å²) in [6, 6.07) is 18.6. The number of amides is 1. The Balaban J connectivity index is 1.89. The van der Waals surface area contributed by atoms with Crippen LogP contribution < -0.4 is 14.4 Å². The first-order valence-corrected chi connectivity index (χ1v) is 12.1. The van der Waals surface area contributed by atoms with Crippen LogP contribution in [0.2, 0.25) is 5.02 Å². The van der Waals surface area contributed by atoms with Crippen molar-refractivity contribution in [1.82, 2.24) is 0 Å². The van der Waals surface area contributed by atoms with Gasteiger partial charge in [-0.25, -0.2) is 0 Å². The summed E-state index contributed by atoms with van der Waals surface area (Å²) in [5, 5.41) is 11.6. The molecule has 4 rings (SSSR count). The summed E-state index contributed by atoms with van der Waals surface area (Å²) in [7, 11) is 1.49. The molecule has 1 aliphatic rings. The number of aliphatic hydroxyl groups is 1. The lowest BCUT2D eigenvalue weighted by atomic mass is 9.93. The van der Waals surface area contributed by atoms with Crippen molar-refractivity contribution in [3.8, 4) is 11.5 Å². The Labute approximate surface area is 215 Å². The Morgan fingerprint density at radius 1 is 1.03 bits per heavy atom. The van der Waals surface area contributed by atoms with Crippen molar-refractivity contribution in [2.75, 3.05) is 18.6 Å². The average Bonchev–Trinajstić information content (AvgIpc) is 3.14. The first-order chi connectivity index (χ1) is 17.3. The molecule has 0 spiro atoms. The largest absolute Gasteiger partial charge is 0.507 e. The highest BCUT2D eigenvalue weighted by Crippen LogP contribution is 2.43. The van der Waals surface area contributed by atoms with Crippen molar-refractivity contribution < 1.29 is 24.2 Å². The Morgan fingerprint density at radius 3 is 2.25 bits per heavy atom. The third-order valence-corrected chi connectivity index (χ3v) is 6.51. The standard InChI is InChI=1S/C29H28ClNO5/c1-5-36-22-13-11-21(12-14-22)31-26(19-8-6-18(7-9-19)17(2)3)25(28(33)29(31)34)27(32)20-10-15-24(35-4)23(30)16-20/h6-17,26,32H,5H2,1-4H3/b27-25-. The number of carbonyl (C=O) groups excluding carboxylic acids is 2. The molecular formula is C29H28ClNO5. The molecule has 1 aliphatic heterocycles. The van der Waals surface area contributed by atoms with Gasteiger partial charge in [-0.1, -0.05) is 49.7 Å². The highest BCUT2D eigenvalue weighted by Gasteiger charge is 2.47. The predicted molar refractivity (Wildman–Crippen MR) is 141 cm³/mol. The van der Waals surface area contributed by atoms with E-state index >= 15 is 0 Å². The van der Waals surface area contributed by atoms with Crippen molar-refractivity contribution in [1.29, 1.82) is 0 Å². The molecule has 0 aromatic heterocycles. The number of benzene rings is 3. The third-order valence-electron chi connectivity index (χ3n) is 6.21. The van der Waals surface area contributed by atoms with Crippen molar-refractivity contribution >= 4 is 34.7 Å². The SMILES string of the molecule is CCOc1ccc(N2C(=O)C(=O)/C(=C(\O)c3ccc(OC)c(Cl)c3)C2c2ccc(C(C)C)cc2)cc1. The second kappa shape index (κ2) is 10.5. The molecule has 1 heterocycles. The lowest BCUT2D eigenvalue weighted by Crippen LogP contribution is -2.29. The highest BCUT2D eigenvalue weighted by molar-refractivity contribution is 6.51. The fourth-order valence-electron chi connectivity index (χ4n) is 4.32. The summed E-state index contributed by atoms with van der Waals surface area (Å²) in [5.41, 5.74) is 2.65. The summed E-state index contributed by atoms with van der Waals surface area (Å²) in [5.74, 6) is -0.390. The summed E-state index contributed by atoms with van der Waals surface area (Å²) in [6.07, 6.45) is 0. The maximum Gasteiger partial charge on any atom is 0.300 e. The molecule has 1 unspecified atom stereocenters. The van der Waals surface area contributed by atoms with Crippen LogP contribution in [0.4, 0.5) is 5.69 Å². The topological polar surface area (TPSA) is 76.1 Å². The molecular weight excluding hydrogens is 478 g/mol. The first-order valence-electron chi connectivity index (χ1n) is 11.7. The first kappa shape index (κ1) is 25.3. The number of hydrogen-bond acceptors (Lipinski definition) is 5. The number of nitrogens with zero attached hydrogens (tertiary/aromatic N) is 1. The number of ketones is 1. The molecule has 7 heteroatoms. The third kappa shape index (κ3) is 4.69. The number of ether oxygens (including phenoxy) is 2. The van der Waals surface area contributed by atoms with Crippen LogP contribution >= 0.6 is 11.6 Å². The summed E-state index contributed by atoms with van der Waals surface area (Å²) in [4.78, 5) is 28.1. The van der Waals surface area contributed by atoms with E-state index in [4.69, 9.17) is 21.1 Å². The molecule has 3 aromatic carbocycles. The number of carbonyl (C=O) groups is 2. The van der Waals surface area contributed by atoms with Crippen molar-refractivity contribution in [3.05, 3.63) is 94.0 Å². The molecule has 1 saturated heterocycles. The van der Waals surface area contributed by atoms with Crippen LogP contribution in [0.25, 0.3) is 5.76 Å². The van der Waals surface area contributed by atoms with Gasteiger partial charge in [0.1, 0.15) is 17.3 Å². The minimum Gasteiger partial charge on any atom is -0.507 e. The van der Waals surface area contributed by atoms with Gasteiger partial charge in [-0.05, 0) is 66.4 Å². The molecule has 186 valence electrons. The number of anilines is 1. The van der Waals surface area contributed by atoms with Gasteiger partial charge in [0, 0.05) is 11.3 Å². The van der Waals surface area contributed by atoms with Gasteiger partial charge in [0.15, 0.2) is 0 Å². The second-order valence-corrected chi connectivity index (χ2v) is 9.17. The van der Waals surface area contributed by atoms with Gasteiger partial charge < -0.3 is 14.6 Å². The van der Waals surface area contributed by atoms with Gasteiger partial charge in [0.05, 0.1) is 30.4 Å². The Bertz CT molecular complexity index is 1310. The van der Waals surface area contributed by atoms with Crippen molar-refractivity contribution in [2.45, 2.75) is 32.7 Å². The monoisotopic (exact) mass is 505 g/mol. The molecule has 1 fully saturated rings. The van der Waals surface area contributed by atoms with E-state index in [0.717, 1.165) is 5.56 Å². The highest BCUT2D eigenvalue weighted by atomic mass is 35.5. The number of halogens is 1. The van der Waals surface area contributed by atoms with Gasteiger partial charge in [-0.2, -0.15) is 0 Å². The molecule has 6 nitrogen and oxygen atoms in total. The summed E-state index contributed by atoms with van der Waals surface area (Å²) >= 11 is 6.28. The van der Waals surface area contributed by atoms with Crippen LogP contribution in [0.15, 0.2) is 72.3 Å². The smallest absolute Gasteiger partial charge is 0.300 e. The Kier molecular flexibility index (Phi) is 7.36. The van der Waals surface area contributed by atoms with Gasteiger partial charge >= 0.3 is 0 Å². The van der Waals surface area contributed by atoms with E-state index in [1.54, 1.807) is 36.4 Å². The number of Topliss-reactive ketones (excluding diaryl/α,β-unsaturated/α-hetero) is 1. The zero-order valence-electron chi connectivity index (χ0n) is 20.6. The average molecular weight is 506 g/mol. The lowest BCUT2D eigenvalue weighted by Gasteiger charge is -2.26. The fraction of sp³-hybridized carbons (Fsp3) is 0.241. The molecule has 1 atom stereocenters. The number of aliphatic hydroxyl groups excluding tert-OH is 1. The summed E-state index contributed by atoms with van der Waals surface area (Å²) < 4.78 is 10.7. The van der Waals surface area contributed by atoms with E-state index in [1.165, 1.54) is 18.1 Å². The van der Waals surface area contributed by atoms with Crippen LogP contribution in [0, 0.1) is 0 Å². The van der Waals surface area contributed by atoms with Crippen LogP contribution in [0.3, 0.4) is 0 Å². The van der Waals surface area contributed by atoms with E-state index < -0.39 is 17.7 Å². The van der Waals surface area contributed by atoms with E-state index in [9.17, 15) is 14.7 Å². The van der Waals surface area contributed by atoms with E-state index in [-0.39, 0.29) is 16.4 Å². The minimum absolute atomic E-state index is 0.00702. The molecule has 0 aliphatic carbocycles. The number of hydrogen-bond donors (Lipinski definition) is 1. The Morgan fingerprint density at radius 2 is 1.69 bits per heavy atom. The molecule has 1 amide bonds. The van der Waals surface area contributed by atoms with Gasteiger partial charge in [-0.3, -0.25) is 14.5 Å². The van der Waals surface area contributed by atoms with Crippen LogP contribution in [-0.4, -0.2) is 30.5 Å². The van der Waals surface area contributed by atoms with E-state index in [0.29, 0.717) is 40.8 Å². The predicted octanol–water partition coefficient (Wildman–Crippen LogP) is 6.50. The van der Waals surface area contributed by atoms with Crippen molar-refractivity contribution in [3.63, 3.8) is 0 Å². The maximum atomic E-state index is 13.3. The van der Waals surface area contributed by atoms with Crippen molar-refractivity contribution in [2.24, 2.45) is 0 Å². The quantitative estimate of drug-likeness (QED) is 0.225. The Hall–Kier alpha value is -3.77. The van der Waals surface area contributed by atoms with E-state index in [2.05, 4.69) is 13.8 Å². The zero-order chi connectivity index (χ0) is 26.0. The van der Waals surface area contributed by atoms with Gasteiger partial charge in [0.25, 0.3) is 11.7 Å². The van der Waals surface area contributed by atoms with Gasteiger partial charge in [-0.15, -0.1) is 0 Å². The number of methoxy groups -OCH3 is 1. The summed E-state index contributed by atoms with van der Waals surface area (Å²) in [6.45, 7) is 6.58.